The van der Waals surface area contributed by atoms with E-state index >= 15 is 0 Å². The Balaban J connectivity index is 2.09. The number of ether oxygens (including phenoxy) is 1. The summed E-state index contributed by atoms with van der Waals surface area (Å²) in [6, 6.07) is 5.87. The number of nitrogens with zero attached hydrogens (tertiary/aromatic N) is 3. The Hall–Kier alpha value is -3.80. The van der Waals surface area contributed by atoms with Crippen molar-refractivity contribution in [1.29, 1.82) is 5.26 Å². The first-order chi connectivity index (χ1) is 13.9. The van der Waals surface area contributed by atoms with Crippen LogP contribution in [0.15, 0.2) is 24.4 Å². The molecule has 150 valence electrons. The van der Waals surface area contributed by atoms with Crippen molar-refractivity contribution in [2.45, 2.75) is 31.4 Å². The Labute approximate surface area is 165 Å². The van der Waals surface area contributed by atoms with Gasteiger partial charge in [-0.1, -0.05) is 6.07 Å². The van der Waals surface area contributed by atoms with Crippen molar-refractivity contribution in [2.75, 3.05) is 7.11 Å². The number of Topliss-reactive ketones (excluding diaryl/α,β-unsaturated/α-hetero) is 1. The van der Waals surface area contributed by atoms with Crippen LogP contribution in [0.5, 0.6) is 0 Å². The van der Waals surface area contributed by atoms with Gasteiger partial charge in [0.2, 0.25) is 11.7 Å². The van der Waals surface area contributed by atoms with Gasteiger partial charge in [0.05, 0.1) is 11.6 Å². The number of carboxylic acid groups (broad SMARTS) is 1. The summed E-state index contributed by atoms with van der Waals surface area (Å²) in [5.41, 5.74) is 10.3. The largest absolute Gasteiger partial charge is 0.480 e. The second-order valence-electron chi connectivity index (χ2n) is 6.26. The molecule has 0 bridgehead atoms. The number of aliphatic carboxylic acids is 1. The van der Waals surface area contributed by atoms with Gasteiger partial charge in [-0.2, -0.15) is 10.1 Å². The third-order valence-corrected chi connectivity index (χ3v) is 4.37. The van der Waals surface area contributed by atoms with Gasteiger partial charge in [0, 0.05) is 37.1 Å². The number of carbonyl (C=O) groups is 3. The van der Waals surface area contributed by atoms with Gasteiger partial charge in [0.15, 0.2) is 0 Å². The molecule has 0 spiro atoms. The van der Waals surface area contributed by atoms with Gasteiger partial charge < -0.3 is 25.7 Å². The Morgan fingerprint density at radius 3 is 2.83 bits per heavy atom. The first-order valence-corrected chi connectivity index (χ1v) is 8.66. The highest BCUT2D eigenvalue weighted by molar-refractivity contribution is 6.25. The molecule has 0 aliphatic carbocycles. The molecule has 1 aromatic carbocycles. The quantitative estimate of drug-likeness (QED) is 0.304. The lowest BCUT2D eigenvalue weighted by Gasteiger charge is -2.19. The van der Waals surface area contributed by atoms with Crippen molar-refractivity contribution >= 4 is 34.8 Å². The number of aromatic amines is 1. The van der Waals surface area contributed by atoms with E-state index in [-0.39, 0.29) is 19.3 Å². The van der Waals surface area contributed by atoms with E-state index in [0.717, 1.165) is 16.5 Å². The van der Waals surface area contributed by atoms with Gasteiger partial charge in [-0.25, -0.2) is 4.79 Å². The van der Waals surface area contributed by atoms with Crippen LogP contribution in [0.4, 0.5) is 0 Å². The molecule has 0 aliphatic rings. The molecule has 2 rings (SSSR count). The Kier molecular flexibility index (Phi) is 7.37. The van der Waals surface area contributed by atoms with Gasteiger partial charge in [-0.15, -0.1) is 0 Å². The maximum absolute atomic E-state index is 12.5. The maximum atomic E-state index is 12.5. The zero-order chi connectivity index (χ0) is 21.4. The summed E-state index contributed by atoms with van der Waals surface area (Å²) >= 11 is 0. The topological polar surface area (TPSA) is 169 Å². The fourth-order valence-corrected chi connectivity index (χ4v) is 2.85. The Morgan fingerprint density at radius 2 is 2.21 bits per heavy atom. The molecule has 10 heteroatoms. The van der Waals surface area contributed by atoms with E-state index in [1.165, 1.54) is 7.11 Å². The summed E-state index contributed by atoms with van der Waals surface area (Å²) in [7, 11) is 1.34. The first kappa shape index (κ1) is 21.5. The fourth-order valence-electron chi connectivity index (χ4n) is 2.85. The van der Waals surface area contributed by atoms with Crippen molar-refractivity contribution in [3.8, 4) is 6.07 Å². The van der Waals surface area contributed by atoms with Gasteiger partial charge in [-0.05, 0) is 24.1 Å². The number of rotatable bonds is 10. The van der Waals surface area contributed by atoms with E-state index in [9.17, 15) is 19.5 Å². The van der Waals surface area contributed by atoms with Crippen LogP contribution in [0.25, 0.3) is 16.4 Å². The summed E-state index contributed by atoms with van der Waals surface area (Å²) in [5.74, 6) is -2.49. The molecule has 0 saturated heterocycles. The minimum Gasteiger partial charge on any atom is -0.480 e. The third kappa shape index (κ3) is 5.59. The highest BCUT2D eigenvalue weighted by atomic mass is 16.5. The van der Waals surface area contributed by atoms with Crippen LogP contribution in [0.3, 0.4) is 0 Å². The molecule has 3 N–H and O–H groups in total. The number of fused-ring (bicyclic) bond motifs is 1. The molecule has 0 unspecified atom stereocenters. The summed E-state index contributed by atoms with van der Waals surface area (Å²) in [5, 5.41) is 21.4. The number of ketones is 1. The molecular formula is C19H19N5O5. The van der Waals surface area contributed by atoms with Crippen LogP contribution in [0, 0.1) is 11.3 Å². The summed E-state index contributed by atoms with van der Waals surface area (Å²) < 4.78 is 5.23. The molecule has 10 nitrogen and oxygen atoms in total. The van der Waals surface area contributed by atoms with Crippen molar-refractivity contribution in [3.63, 3.8) is 0 Å². The molecule has 0 saturated carbocycles. The number of hydrogen-bond acceptors (Lipinski definition) is 5. The van der Waals surface area contributed by atoms with Crippen molar-refractivity contribution in [1.82, 2.24) is 10.3 Å². The second kappa shape index (κ2) is 9.94. The van der Waals surface area contributed by atoms with Crippen molar-refractivity contribution < 1.29 is 29.0 Å². The predicted molar refractivity (Wildman–Crippen MR) is 101 cm³/mol. The molecule has 2 aromatic rings. The number of carbonyl (C=O) groups excluding carboxylic acids is 2. The van der Waals surface area contributed by atoms with Gasteiger partial charge >= 0.3 is 12.2 Å². The fraction of sp³-hybridized carbons (Fsp3) is 0.316. The van der Waals surface area contributed by atoms with E-state index in [2.05, 4.69) is 15.1 Å². The highest BCUT2D eigenvalue weighted by Gasteiger charge is 2.26. The SMILES string of the molecule is CO[C@@H](Cc1c[nH]c2cc(C#N)ccc12)C(=O)N[C@@H](CCC(=O)C=[N+]=[N-])C(=O)O. The average molecular weight is 397 g/mol. The monoisotopic (exact) mass is 397 g/mol. The predicted octanol–water partition coefficient (Wildman–Crippen LogP) is 0.816. The first-order valence-electron chi connectivity index (χ1n) is 8.66. The van der Waals surface area contributed by atoms with Crippen LogP contribution in [0.2, 0.25) is 0 Å². The smallest absolute Gasteiger partial charge is 0.326 e. The standard InChI is InChI=1S/C19H19N5O5/c1-29-17(7-12-9-22-16-6-11(8-20)2-4-14(12)16)18(26)24-15(19(27)28)5-3-13(25)10-23-21/h2,4,6,9-10,15,17,22H,3,5,7H2,1H3,(H,24,26)(H,27,28)/t15-,17-/m0/s1. The van der Waals surface area contributed by atoms with Crippen LogP contribution in [-0.2, 0) is 25.5 Å². The van der Waals surface area contributed by atoms with E-state index in [1.807, 2.05) is 6.07 Å². The summed E-state index contributed by atoms with van der Waals surface area (Å²) in [6.07, 6.45) is 1.23. The zero-order valence-corrected chi connectivity index (χ0v) is 15.6. The number of H-pyrrole nitrogens is 1. The van der Waals surface area contributed by atoms with Crippen LogP contribution < -0.4 is 5.32 Å². The lowest BCUT2D eigenvalue weighted by atomic mass is 10.0. The molecule has 0 fully saturated rings. The molecule has 29 heavy (non-hydrogen) atoms. The van der Waals surface area contributed by atoms with Crippen LogP contribution in [-0.4, -0.2) is 58.0 Å². The number of carboxylic acids is 1. The summed E-state index contributed by atoms with van der Waals surface area (Å²) in [4.78, 5) is 40.9. The summed E-state index contributed by atoms with van der Waals surface area (Å²) in [6.45, 7) is 0. The Morgan fingerprint density at radius 1 is 1.45 bits per heavy atom. The second-order valence-corrected chi connectivity index (χ2v) is 6.26. The molecule has 0 aliphatic heterocycles. The maximum Gasteiger partial charge on any atom is 0.326 e. The number of amides is 1. The molecular weight excluding hydrogens is 378 g/mol. The number of nitriles is 1. The normalized spacial score (nSPS) is 12.4. The highest BCUT2D eigenvalue weighted by Crippen LogP contribution is 2.21. The van der Waals surface area contributed by atoms with E-state index in [0.29, 0.717) is 11.8 Å². The van der Waals surface area contributed by atoms with Gasteiger partial charge in [-0.3, -0.25) is 9.59 Å². The lowest BCUT2D eigenvalue weighted by molar-refractivity contribution is -0.144. The van der Waals surface area contributed by atoms with Gasteiger partial charge in [0.25, 0.3) is 0 Å². The number of methoxy groups -OCH3 is 1. The molecule has 1 amide bonds. The molecule has 2 atom stereocenters. The minimum absolute atomic E-state index is 0.160. The number of aromatic nitrogens is 1. The van der Waals surface area contributed by atoms with Crippen molar-refractivity contribution in [2.24, 2.45) is 0 Å². The van der Waals surface area contributed by atoms with E-state index in [4.69, 9.17) is 15.5 Å². The lowest BCUT2D eigenvalue weighted by Crippen LogP contribution is -2.46. The van der Waals surface area contributed by atoms with Crippen LogP contribution >= 0.6 is 0 Å². The zero-order valence-electron chi connectivity index (χ0n) is 15.6. The van der Waals surface area contributed by atoms with E-state index in [1.54, 1.807) is 24.4 Å². The third-order valence-electron chi connectivity index (χ3n) is 4.37. The number of hydrogen-bond donors (Lipinski definition) is 3. The average Bonchev–Trinajstić information content (AvgIpc) is 3.10. The van der Waals surface area contributed by atoms with Crippen molar-refractivity contribution in [3.05, 3.63) is 41.1 Å². The molecule has 1 aromatic heterocycles. The number of nitrogens with one attached hydrogen (secondary N) is 2. The molecule has 1 heterocycles. The minimum atomic E-state index is -1.29. The number of benzene rings is 1. The van der Waals surface area contributed by atoms with Crippen LogP contribution in [0.1, 0.15) is 24.0 Å². The van der Waals surface area contributed by atoms with Gasteiger partial charge in [0.1, 0.15) is 12.1 Å². The molecule has 0 radical (unpaired) electrons. The Bertz CT molecular complexity index is 1020. The van der Waals surface area contributed by atoms with E-state index < -0.39 is 29.8 Å².